The number of hydrogen-bond donors (Lipinski definition) is 3. The Morgan fingerprint density at radius 3 is 2.41 bits per heavy atom. The number of amides is 1. The number of ether oxygens (including phenoxy) is 1. The fourth-order valence-electron chi connectivity index (χ4n) is 4.17. The number of halogens is 1. The zero-order chi connectivity index (χ0) is 22.7. The average Bonchev–Trinajstić information content (AvgIpc) is 3.12. The van der Waals surface area contributed by atoms with Gasteiger partial charge < -0.3 is 20.3 Å². The van der Waals surface area contributed by atoms with Crippen molar-refractivity contribution in [1.29, 1.82) is 0 Å². The van der Waals surface area contributed by atoms with Crippen LogP contribution < -0.4 is 5.32 Å². The van der Waals surface area contributed by atoms with Crippen LogP contribution in [0.3, 0.4) is 0 Å². The predicted octanol–water partition coefficient (Wildman–Crippen LogP) is 3.85. The molecule has 0 radical (unpaired) electrons. The van der Waals surface area contributed by atoms with Gasteiger partial charge in [-0.05, 0) is 52.8 Å². The van der Waals surface area contributed by atoms with Crippen LogP contribution in [0.15, 0.2) is 60.8 Å². The van der Waals surface area contributed by atoms with Crippen LogP contribution in [0.1, 0.15) is 40.7 Å². The molecule has 3 aromatic rings. The number of rotatable bonds is 7. The molecule has 2 aromatic carbocycles. The van der Waals surface area contributed by atoms with Crippen LogP contribution in [-0.2, 0) is 4.74 Å². The van der Waals surface area contributed by atoms with E-state index in [1.165, 1.54) is 6.20 Å². The van der Waals surface area contributed by atoms with Gasteiger partial charge in [-0.25, -0.2) is 9.78 Å². The topological polar surface area (TPSA) is 91.7 Å². The lowest BCUT2D eigenvalue weighted by Gasteiger charge is -2.20. The summed E-state index contributed by atoms with van der Waals surface area (Å²) in [5, 5.41) is 23.1. The van der Waals surface area contributed by atoms with E-state index in [4.69, 9.17) is 4.74 Å². The molecule has 2 unspecified atom stereocenters. The number of hydrogen-bond acceptors (Lipinski definition) is 5. The largest absolute Gasteiger partial charge is 0.449 e. The van der Waals surface area contributed by atoms with E-state index in [1.807, 2.05) is 36.4 Å². The van der Waals surface area contributed by atoms with E-state index in [0.29, 0.717) is 5.56 Å². The van der Waals surface area contributed by atoms with Gasteiger partial charge in [0.25, 0.3) is 0 Å². The Hall–Kier alpha value is -3.29. The lowest BCUT2D eigenvalue weighted by molar-refractivity contribution is 0.0131. The highest BCUT2D eigenvalue weighted by molar-refractivity contribution is 5.79. The zero-order valence-corrected chi connectivity index (χ0v) is 17.7. The second-order valence-corrected chi connectivity index (χ2v) is 7.92. The highest BCUT2D eigenvalue weighted by Gasteiger charge is 2.29. The lowest BCUT2D eigenvalue weighted by atomic mass is 9.98. The first kappa shape index (κ1) is 21.9. The van der Waals surface area contributed by atoms with E-state index in [9.17, 15) is 19.4 Å². The standard InChI is InChI=1S/C25H25FN2O4/c1-15-13-28-23(26)12-20(15)24(30)22(29)10-11-27-25(31)32-14-21-18-8-4-2-6-16(18)17-7-3-5-9-19(17)21/h2-9,12-13,21-22,24,29-30H,10-11,14H2,1H3,(H,27,31). The minimum Gasteiger partial charge on any atom is -0.449 e. The van der Waals surface area contributed by atoms with Gasteiger partial charge >= 0.3 is 6.09 Å². The summed E-state index contributed by atoms with van der Waals surface area (Å²) in [7, 11) is 0. The molecule has 0 aliphatic heterocycles. The molecule has 2 atom stereocenters. The monoisotopic (exact) mass is 436 g/mol. The second kappa shape index (κ2) is 9.46. The van der Waals surface area contributed by atoms with Crippen LogP contribution in [-0.4, -0.2) is 40.5 Å². The second-order valence-electron chi connectivity index (χ2n) is 7.92. The summed E-state index contributed by atoms with van der Waals surface area (Å²) in [6, 6.07) is 17.3. The van der Waals surface area contributed by atoms with Gasteiger partial charge in [-0.15, -0.1) is 0 Å². The van der Waals surface area contributed by atoms with E-state index in [-0.39, 0.29) is 31.1 Å². The fourth-order valence-corrected chi connectivity index (χ4v) is 4.17. The van der Waals surface area contributed by atoms with Crippen molar-refractivity contribution in [3.63, 3.8) is 0 Å². The maximum atomic E-state index is 13.3. The quantitative estimate of drug-likeness (QED) is 0.490. The number of nitrogens with zero attached hydrogens (tertiary/aromatic N) is 1. The van der Waals surface area contributed by atoms with Crippen molar-refractivity contribution in [2.24, 2.45) is 0 Å². The Bertz CT molecular complexity index is 1080. The predicted molar refractivity (Wildman–Crippen MR) is 118 cm³/mol. The average molecular weight is 436 g/mol. The Kier molecular flexibility index (Phi) is 6.48. The third-order valence-electron chi connectivity index (χ3n) is 5.85. The number of carbonyl (C=O) groups is 1. The number of carbonyl (C=O) groups excluding carboxylic acids is 1. The van der Waals surface area contributed by atoms with Crippen LogP contribution in [0.2, 0.25) is 0 Å². The number of nitrogens with one attached hydrogen (secondary N) is 1. The zero-order valence-electron chi connectivity index (χ0n) is 17.7. The van der Waals surface area contributed by atoms with Crippen molar-refractivity contribution in [3.8, 4) is 11.1 Å². The van der Waals surface area contributed by atoms with E-state index in [2.05, 4.69) is 22.4 Å². The molecular formula is C25H25FN2O4. The smallest absolute Gasteiger partial charge is 0.407 e. The van der Waals surface area contributed by atoms with Crippen LogP contribution in [0, 0.1) is 12.9 Å². The SMILES string of the molecule is Cc1cnc(F)cc1C(O)C(O)CCNC(=O)OCC1c2ccccc2-c2ccccc21. The molecule has 7 heteroatoms. The first-order chi connectivity index (χ1) is 15.5. The van der Waals surface area contributed by atoms with Crippen LogP contribution in [0.25, 0.3) is 11.1 Å². The summed E-state index contributed by atoms with van der Waals surface area (Å²) in [6.45, 7) is 1.97. The summed E-state index contributed by atoms with van der Waals surface area (Å²) in [5.41, 5.74) is 5.39. The number of pyridine rings is 1. The van der Waals surface area contributed by atoms with Crippen LogP contribution in [0.4, 0.5) is 9.18 Å². The molecule has 1 aliphatic carbocycles. The molecule has 1 aliphatic rings. The van der Waals surface area contributed by atoms with Gasteiger partial charge in [0, 0.05) is 18.7 Å². The van der Waals surface area contributed by atoms with Crippen molar-refractivity contribution < 1.29 is 24.1 Å². The molecule has 1 aromatic heterocycles. The van der Waals surface area contributed by atoms with Crippen molar-refractivity contribution in [2.45, 2.75) is 31.5 Å². The highest BCUT2D eigenvalue weighted by Crippen LogP contribution is 2.44. The van der Waals surface area contributed by atoms with Gasteiger partial charge in [-0.1, -0.05) is 48.5 Å². The van der Waals surface area contributed by atoms with Crippen molar-refractivity contribution in [2.75, 3.05) is 13.2 Å². The van der Waals surface area contributed by atoms with Gasteiger partial charge in [-0.3, -0.25) is 0 Å². The molecule has 0 bridgehead atoms. The molecule has 1 heterocycles. The van der Waals surface area contributed by atoms with Crippen molar-refractivity contribution in [3.05, 3.63) is 89.0 Å². The number of aryl methyl sites for hydroxylation is 1. The number of alkyl carbamates (subject to hydrolysis) is 1. The summed E-state index contributed by atoms with van der Waals surface area (Å²) in [4.78, 5) is 15.7. The number of benzene rings is 2. The highest BCUT2D eigenvalue weighted by atomic mass is 19.1. The number of aliphatic hydroxyl groups excluding tert-OH is 2. The molecule has 3 N–H and O–H groups in total. The van der Waals surface area contributed by atoms with E-state index in [0.717, 1.165) is 28.3 Å². The maximum absolute atomic E-state index is 13.3. The van der Waals surface area contributed by atoms with Gasteiger partial charge in [0.2, 0.25) is 5.95 Å². The molecular weight excluding hydrogens is 411 g/mol. The first-order valence-corrected chi connectivity index (χ1v) is 10.5. The maximum Gasteiger partial charge on any atom is 0.407 e. The molecule has 166 valence electrons. The van der Waals surface area contributed by atoms with E-state index in [1.54, 1.807) is 6.92 Å². The van der Waals surface area contributed by atoms with Gasteiger partial charge in [-0.2, -0.15) is 4.39 Å². The minimum absolute atomic E-state index is 0.0369. The Morgan fingerprint density at radius 2 is 1.75 bits per heavy atom. The van der Waals surface area contributed by atoms with Gasteiger partial charge in [0.15, 0.2) is 0 Å². The Labute approximate surface area is 185 Å². The van der Waals surface area contributed by atoms with Crippen molar-refractivity contribution >= 4 is 6.09 Å². The van der Waals surface area contributed by atoms with Crippen LogP contribution >= 0.6 is 0 Å². The van der Waals surface area contributed by atoms with Gasteiger partial charge in [0.05, 0.1) is 6.10 Å². The number of aliphatic hydroxyl groups is 2. The first-order valence-electron chi connectivity index (χ1n) is 10.5. The fraction of sp³-hybridized carbons (Fsp3) is 0.280. The normalized spacial score (nSPS) is 14.4. The van der Waals surface area contributed by atoms with Crippen LogP contribution in [0.5, 0.6) is 0 Å². The number of fused-ring (bicyclic) bond motifs is 3. The molecule has 1 amide bonds. The van der Waals surface area contributed by atoms with E-state index < -0.39 is 24.2 Å². The molecule has 0 saturated carbocycles. The Balaban J connectivity index is 1.29. The molecule has 0 saturated heterocycles. The number of aromatic nitrogens is 1. The third-order valence-corrected chi connectivity index (χ3v) is 5.85. The molecule has 32 heavy (non-hydrogen) atoms. The summed E-state index contributed by atoms with van der Waals surface area (Å²) < 4.78 is 18.8. The summed E-state index contributed by atoms with van der Waals surface area (Å²) >= 11 is 0. The minimum atomic E-state index is -1.28. The molecule has 0 fully saturated rings. The molecule has 4 rings (SSSR count). The van der Waals surface area contributed by atoms with E-state index >= 15 is 0 Å². The summed E-state index contributed by atoms with van der Waals surface area (Å²) in [5.74, 6) is -0.765. The Morgan fingerprint density at radius 1 is 1.12 bits per heavy atom. The summed E-state index contributed by atoms with van der Waals surface area (Å²) in [6.07, 6.45) is -1.68. The lowest BCUT2D eigenvalue weighted by Crippen LogP contribution is -2.31. The van der Waals surface area contributed by atoms with Gasteiger partial charge in [0.1, 0.15) is 12.7 Å². The third kappa shape index (κ3) is 4.49. The van der Waals surface area contributed by atoms with Crippen molar-refractivity contribution in [1.82, 2.24) is 10.3 Å². The molecule has 0 spiro atoms. The molecule has 6 nitrogen and oxygen atoms in total.